The Morgan fingerprint density at radius 3 is 2.27 bits per heavy atom. The molecule has 17 nitrogen and oxygen atoms in total. The number of nitrogens with zero attached hydrogens (tertiary/aromatic N) is 8. The molecule has 2 bridgehead atoms. The van der Waals surface area contributed by atoms with E-state index in [1.807, 2.05) is 35.2 Å². The van der Waals surface area contributed by atoms with Gasteiger partial charge in [0.05, 0.1) is 28.2 Å². The Morgan fingerprint density at radius 2 is 1.52 bits per heavy atom. The number of aromatic nitrogens is 2. The molecule has 5 fully saturated rings. The van der Waals surface area contributed by atoms with Crippen LogP contribution in [0.2, 0.25) is 0 Å². The van der Waals surface area contributed by atoms with Crippen LogP contribution in [-0.2, 0) is 14.4 Å². The molecule has 4 aromatic rings. The van der Waals surface area contributed by atoms with Crippen molar-refractivity contribution < 1.29 is 33.8 Å². The highest BCUT2D eigenvalue weighted by atomic mass is 16.5. The number of amides is 5. The largest absolute Gasteiger partial charge is 0.507 e. The Balaban J connectivity index is 0.654. The number of imide groups is 2. The molecule has 3 atom stereocenters. The van der Waals surface area contributed by atoms with E-state index in [1.54, 1.807) is 24.3 Å². The number of nitrogens with one attached hydrogen (secondary N) is 1. The van der Waals surface area contributed by atoms with Crippen LogP contribution in [0.3, 0.4) is 0 Å². The number of carbonyl (C=O) groups excluding carboxylic acids is 5. The number of phenols is 1. The highest BCUT2D eigenvalue weighted by molar-refractivity contribution is 6.25. The second kappa shape index (κ2) is 18.3. The molecule has 0 spiro atoms. The molecule has 0 radical (unpaired) electrons. The fourth-order valence-electron chi connectivity index (χ4n) is 10.9. The molecule has 66 heavy (non-hydrogen) atoms. The fraction of sp³-hybridized carbons (Fsp3) is 0.449. The number of nitrogen functional groups attached to an aromatic ring is 1. The number of hydrogen-bond acceptors (Lipinski definition) is 14. The van der Waals surface area contributed by atoms with Gasteiger partial charge in [0, 0.05) is 101 Å². The van der Waals surface area contributed by atoms with Gasteiger partial charge in [-0.05, 0) is 86.9 Å². The summed E-state index contributed by atoms with van der Waals surface area (Å²) in [4.78, 5) is 76.9. The Morgan fingerprint density at radius 1 is 0.773 bits per heavy atom. The summed E-state index contributed by atoms with van der Waals surface area (Å²) in [7, 11) is 0. The summed E-state index contributed by atoms with van der Waals surface area (Å²) in [5.41, 5.74) is 10.9. The molecule has 17 heteroatoms. The molecule has 6 aliphatic heterocycles. The molecule has 344 valence electrons. The lowest BCUT2D eigenvalue weighted by Gasteiger charge is -2.43. The maximum atomic E-state index is 13.6. The van der Waals surface area contributed by atoms with Crippen molar-refractivity contribution in [3.63, 3.8) is 0 Å². The van der Waals surface area contributed by atoms with Crippen LogP contribution in [0.5, 0.6) is 11.5 Å². The van der Waals surface area contributed by atoms with Crippen LogP contribution in [0.15, 0.2) is 72.8 Å². The van der Waals surface area contributed by atoms with Gasteiger partial charge in [0.1, 0.15) is 24.1 Å². The van der Waals surface area contributed by atoms with Crippen LogP contribution in [0.1, 0.15) is 72.1 Å². The number of ether oxygens (including phenoxy) is 1. The standard InChI is InChI=1S/C49H56N10O7/c50-46-41(28-38(52-53-46)36-7-1-2-10-42(36)60)57-29-33-12-13-34(30-57)58(33)32-5-3-6-35(27-32)66-26-25-54-21-23-56(24-22-54)44(62)16-11-31-17-19-55(20-18-31)39-9-4-8-37-45(39)49(65)59(48(37)64)40-14-15-43(61)51-47(40)63/h1-10,27-28,31,33-34,40,60H,11-26,29-30H2,(H2,50,53)(H,51,61,63). The monoisotopic (exact) mass is 896 g/mol. The number of para-hydroxylation sites is 1. The molecule has 3 aromatic carbocycles. The summed E-state index contributed by atoms with van der Waals surface area (Å²) < 4.78 is 6.31. The van der Waals surface area contributed by atoms with Crippen molar-refractivity contribution in [2.45, 2.75) is 69.5 Å². The number of rotatable bonds is 12. The van der Waals surface area contributed by atoms with Gasteiger partial charge in [0.15, 0.2) is 5.82 Å². The molecule has 10 rings (SSSR count). The van der Waals surface area contributed by atoms with Crippen molar-refractivity contribution in [1.29, 1.82) is 0 Å². The second-order valence-electron chi connectivity index (χ2n) is 18.4. The van der Waals surface area contributed by atoms with Gasteiger partial charge in [0.25, 0.3) is 11.8 Å². The summed E-state index contributed by atoms with van der Waals surface area (Å²) in [6.07, 6.45) is 5.40. The van der Waals surface area contributed by atoms with E-state index in [-0.39, 0.29) is 30.1 Å². The summed E-state index contributed by atoms with van der Waals surface area (Å²) in [6, 6.07) is 22.3. The lowest BCUT2D eigenvalue weighted by molar-refractivity contribution is -0.136. The van der Waals surface area contributed by atoms with E-state index in [1.165, 1.54) is 0 Å². The minimum atomic E-state index is -0.998. The van der Waals surface area contributed by atoms with Crippen LogP contribution in [0.4, 0.5) is 22.9 Å². The molecule has 1 aromatic heterocycles. The van der Waals surface area contributed by atoms with Crippen molar-refractivity contribution in [2.24, 2.45) is 5.92 Å². The summed E-state index contributed by atoms with van der Waals surface area (Å²) in [5.74, 6) is -0.0544. The molecule has 5 saturated heterocycles. The normalized spacial score (nSPS) is 22.5. The molecular weight excluding hydrogens is 841 g/mol. The number of piperazine rings is 2. The predicted molar refractivity (Wildman–Crippen MR) is 247 cm³/mol. The third-order valence-corrected chi connectivity index (χ3v) is 14.5. The number of benzene rings is 3. The minimum absolute atomic E-state index is 0.0777. The molecule has 7 heterocycles. The molecule has 0 aliphatic carbocycles. The predicted octanol–water partition coefficient (Wildman–Crippen LogP) is 3.91. The SMILES string of the molecule is Nc1nnc(-c2ccccc2O)cc1N1CC2CCC(C1)N2c1cccc(OCCN2CCN(C(=O)CCC3CCN(c4cccc5c4C(=O)N(C4CCC(=O)NC4=O)C5=O)CC3)CC2)c1. The number of anilines is 4. The Hall–Kier alpha value is -6.75. The molecule has 5 amide bonds. The lowest BCUT2D eigenvalue weighted by Crippen LogP contribution is -2.54. The van der Waals surface area contributed by atoms with Crippen molar-refractivity contribution >= 4 is 52.4 Å². The highest BCUT2D eigenvalue weighted by Crippen LogP contribution is 2.40. The van der Waals surface area contributed by atoms with Crippen LogP contribution in [0.25, 0.3) is 11.3 Å². The summed E-state index contributed by atoms with van der Waals surface area (Å²) >= 11 is 0. The first-order valence-electron chi connectivity index (χ1n) is 23.4. The van der Waals surface area contributed by atoms with Crippen LogP contribution < -0.4 is 30.5 Å². The van der Waals surface area contributed by atoms with E-state index >= 15 is 0 Å². The van der Waals surface area contributed by atoms with Crippen molar-refractivity contribution in [2.75, 3.05) is 85.9 Å². The Kier molecular flexibility index (Phi) is 11.9. The number of phenolic OH excluding ortho intramolecular Hbond substituents is 1. The van der Waals surface area contributed by atoms with Crippen LogP contribution in [-0.4, -0.2) is 143 Å². The zero-order valence-electron chi connectivity index (χ0n) is 37.0. The maximum absolute atomic E-state index is 13.6. The van der Waals surface area contributed by atoms with Gasteiger partial charge in [-0.3, -0.25) is 39.1 Å². The van der Waals surface area contributed by atoms with E-state index in [0.717, 1.165) is 86.9 Å². The van der Waals surface area contributed by atoms with Crippen molar-refractivity contribution in [1.82, 2.24) is 30.2 Å². The Bertz CT molecular complexity index is 2530. The lowest BCUT2D eigenvalue weighted by atomic mass is 9.91. The van der Waals surface area contributed by atoms with Gasteiger partial charge in [-0.2, -0.15) is 0 Å². The van der Waals surface area contributed by atoms with Crippen LogP contribution in [0, 0.1) is 5.92 Å². The number of fused-ring (bicyclic) bond motifs is 3. The Labute approximate surface area is 383 Å². The number of piperidine rings is 2. The highest BCUT2D eigenvalue weighted by Gasteiger charge is 2.46. The van der Waals surface area contributed by atoms with Gasteiger partial charge in [-0.15, -0.1) is 10.2 Å². The van der Waals surface area contributed by atoms with Crippen molar-refractivity contribution in [3.8, 4) is 22.8 Å². The number of aromatic hydroxyl groups is 1. The third kappa shape index (κ3) is 8.47. The topological polar surface area (TPSA) is 198 Å². The van der Waals surface area contributed by atoms with E-state index in [2.05, 4.69) is 53.3 Å². The summed E-state index contributed by atoms with van der Waals surface area (Å²) in [5, 5.41) is 21.2. The first-order valence-corrected chi connectivity index (χ1v) is 23.4. The zero-order chi connectivity index (χ0) is 45.5. The molecular formula is C49H56N10O7. The number of hydrogen-bond donors (Lipinski definition) is 3. The molecule has 3 unspecified atom stereocenters. The van der Waals surface area contributed by atoms with Gasteiger partial charge >= 0.3 is 0 Å². The van der Waals surface area contributed by atoms with Crippen molar-refractivity contribution in [3.05, 3.63) is 83.9 Å². The van der Waals surface area contributed by atoms with Crippen LogP contribution >= 0.6 is 0 Å². The fourth-order valence-corrected chi connectivity index (χ4v) is 10.9. The van der Waals surface area contributed by atoms with Gasteiger partial charge < -0.3 is 35.2 Å². The quantitative estimate of drug-likeness (QED) is 0.173. The maximum Gasteiger partial charge on any atom is 0.264 e. The zero-order valence-corrected chi connectivity index (χ0v) is 37.0. The van der Waals surface area contributed by atoms with E-state index in [9.17, 15) is 29.1 Å². The second-order valence-corrected chi connectivity index (χ2v) is 18.4. The molecule has 0 saturated carbocycles. The first-order chi connectivity index (χ1) is 32.1. The smallest absolute Gasteiger partial charge is 0.264 e. The van der Waals surface area contributed by atoms with E-state index < -0.39 is 29.7 Å². The average Bonchev–Trinajstić information content (AvgIpc) is 3.75. The average molecular weight is 897 g/mol. The first kappa shape index (κ1) is 43.2. The minimum Gasteiger partial charge on any atom is -0.507 e. The molecule has 6 aliphatic rings. The number of carbonyl (C=O) groups is 5. The van der Waals surface area contributed by atoms with Gasteiger partial charge in [0.2, 0.25) is 17.7 Å². The van der Waals surface area contributed by atoms with Gasteiger partial charge in [-0.1, -0.05) is 24.3 Å². The number of nitrogens with two attached hydrogens (primary N) is 1. The van der Waals surface area contributed by atoms with Gasteiger partial charge in [-0.25, -0.2) is 0 Å². The summed E-state index contributed by atoms with van der Waals surface area (Å²) in [6.45, 7) is 7.32. The molecule has 4 N–H and O–H groups in total. The van der Waals surface area contributed by atoms with E-state index in [4.69, 9.17) is 10.5 Å². The van der Waals surface area contributed by atoms with E-state index in [0.29, 0.717) is 85.5 Å². The third-order valence-electron chi connectivity index (χ3n) is 14.5.